The number of benzene rings is 1. The van der Waals surface area contributed by atoms with E-state index in [1.54, 1.807) is 6.21 Å². The number of hydrogen-bond acceptors (Lipinski definition) is 2. The topological polar surface area (TPSA) is 25.5 Å². The Morgan fingerprint density at radius 2 is 1.89 bits per heavy atom. The predicted molar refractivity (Wildman–Crippen MR) is 75.8 cm³/mol. The fourth-order valence-electron chi connectivity index (χ4n) is 1.79. The molecule has 2 aromatic rings. The maximum atomic E-state index is 5.43. The van der Waals surface area contributed by atoms with Gasteiger partial charge in [0.25, 0.3) is 0 Å². The van der Waals surface area contributed by atoms with Crippen molar-refractivity contribution in [3.05, 3.63) is 53.5 Å². The third kappa shape index (κ3) is 3.59. The highest BCUT2D eigenvalue weighted by molar-refractivity contribution is 5.78. The van der Waals surface area contributed by atoms with Crippen LogP contribution in [-0.2, 0) is 6.42 Å². The van der Waals surface area contributed by atoms with Crippen molar-refractivity contribution in [3.63, 3.8) is 0 Å². The predicted octanol–water partition coefficient (Wildman–Crippen LogP) is 4.68. The molecular weight excluding hydrogens is 222 g/mol. The van der Waals surface area contributed by atoms with Gasteiger partial charge in [-0.05, 0) is 49.6 Å². The minimum atomic E-state index is 0.794. The third-order valence-corrected chi connectivity index (χ3v) is 2.86. The molecule has 0 aliphatic rings. The average Bonchev–Trinajstić information content (AvgIpc) is 2.81. The molecule has 0 bridgehead atoms. The van der Waals surface area contributed by atoms with Crippen LogP contribution in [0, 0.1) is 6.92 Å². The molecule has 0 saturated heterocycles. The van der Waals surface area contributed by atoms with Crippen LogP contribution in [0.5, 0.6) is 0 Å². The summed E-state index contributed by atoms with van der Waals surface area (Å²) >= 11 is 0. The first-order valence-corrected chi connectivity index (χ1v) is 6.47. The smallest absolute Gasteiger partial charge is 0.145 e. The molecule has 0 unspecified atom stereocenters. The van der Waals surface area contributed by atoms with Crippen LogP contribution in [0.4, 0.5) is 5.69 Å². The van der Waals surface area contributed by atoms with Gasteiger partial charge >= 0.3 is 0 Å². The van der Waals surface area contributed by atoms with Crippen LogP contribution in [0.3, 0.4) is 0 Å². The van der Waals surface area contributed by atoms with Gasteiger partial charge in [0.05, 0.1) is 11.9 Å². The van der Waals surface area contributed by atoms with Crippen LogP contribution in [0.15, 0.2) is 45.8 Å². The van der Waals surface area contributed by atoms with E-state index in [2.05, 4.69) is 36.2 Å². The van der Waals surface area contributed by atoms with Crippen molar-refractivity contribution >= 4 is 11.9 Å². The van der Waals surface area contributed by atoms with Crippen LogP contribution in [0.25, 0.3) is 0 Å². The molecular formula is C16H19NO. The highest BCUT2D eigenvalue weighted by Gasteiger charge is 1.95. The number of nitrogens with zero attached hydrogens (tertiary/aromatic N) is 1. The summed E-state index contributed by atoms with van der Waals surface area (Å²) in [6.45, 7) is 4.14. The summed E-state index contributed by atoms with van der Waals surface area (Å²) in [6, 6.07) is 12.3. The zero-order chi connectivity index (χ0) is 12.8. The minimum Gasteiger partial charge on any atom is -0.460 e. The van der Waals surface area contributed by atoms with Crippen molar-refractivity contribution in [1.82, 2.24) is 0 Å². The molecule has 18 heavy (non-hydrogen) atoms. The molecule has 0 radical (unpaired) electrons. The fourth-order valence-corrected chi connectivity index (χ4v) is 1.79. The second-order valence-corrected chi connectivity index (χ2v) is 4.48. The maximum Gasteiger partial charge on any atom is 0.145 e. The number of rotatable bonds is 5. The number of aryl methyl sites for hydroxylation is 2. The molecule has 2 nitrogen and oxygen atoms in total. The van der Waals surface area contributed by atoms with Crippen molar-refractivity contribution in [2.75, 3.05) is 0 Å². The monoisotopic (exact) mass is 241 g/mol. The highest BCUT2D eigenvalue weighted by Crippen LogP contribution is 2.15. The van der Waals surface area contributed by atoms with Crippen molar-refractivity contribution < 1.29 is 4.42 Å². The Labute approximate surface area is 108 Å². The number of hydrogen-bond donors (Lipinski definition) is 0. The SMILES string of the molecule is CCCCc1ccc(/N=C/c2ccc(C)o2)cc1. The zero-order valence-electron chi connectivity index (χ0n) is 11.0. The lowest BCUT2D eigenvalue weighted by Gasteiger charge is -1.99. The van der Waals surface area contributed by atoms with Gasteiger partial charge in [0.15, 0.2) is 0 Å². The van der Waals surface area contributed by atoms with Crippen LogP contribution < -0.4 is 0 Å². The first-order valence-electron chi connectivity index (χ1n) is 6.47. The van der Waals surface area contributed by atoms with E-state index in [1.165, 1.54) is 18.4 Å². The van der Waals surface area contributed by atoms with Gasteiger partial charge in [0.2, 0.25) is 0 Å². The van der Waals surface area contributed by atoms with Gasteiger partial charge in [0.1, 0.15) is 11.5 Å². The first-order chi connectivity index (χ1) is 8.78. The van der Waals surface area contributed by atoms with Gasteiger partial charge in [-0.1, -0.05) is 25.5 Å². The number of unbranched alkanes of at least 4 members (excludes halogenated alkanes) is 1. The van der Waals surface area contributed by atoms with Crippen molar-refractivity contribution in [2.45, 2.75) is 33.1 Å². The zero-order valence-corrected chi connectivity index (χ0v) is 11.0. The van der Waals surface area contributed by atoms with Gasteiger partial charge in [-0.2, -0.15) is 0 Å². The van der Waals surface area contributed by atoms with Crippen LogP contribution in [-0.4, -0.2) is 6.21 Å². The van der Waals surface area contributed by atoms with E-state index in [0.717, 1.165) is 23.6 Å². The van der Waals surface area contributed by atoms with Crippen LogP contribution in [0.2, 0.25) is 0 Å². The minimum absolute atomic E-state index is 0.794. The van der Waals surface area contributed by atoms with E-state index < -0.39 is 0 Å². The summed E-state index contributed by atoms with van der Waals surface area (Å²) in [5.41, 5.74) is 2.34. The fraction of sp³-hybridized carbons (Fsp3) is 0.312. The van der Waals surface area contributed by atoms with Crippen LogP contribution >= 0.6 is 0 Å². The molecule has 0 fully saturated rings. The van der Waals surface area contributed by atoms with E-state index >= 15 is 0 Å². The summed E-state index contributed by atoms with van der Waals surface area (Å²) in [4.78, 5) is 4.39. The molecule has 0 saturated carbocycles. The van der Waals surface area contributed by atoms with E-state index in [4.69, 9.17) is 4.42 Å². The highest BCUT2D eigenvalue weighted by atomic mass is 16.3. The molecule has 94 valence electrons. The van der Waals surface area contributed by atoms with E-state index in [9.17, 15) is 0 Å². The molecule has 0 atom stereocenters. The lowest BCUT2D eigenvalue weighted by Crippen LogP contribution is -1.83. The van der Waals surface area contributed by atoms with E-state index in [-0.39, 0.29) is 0 Å². The Hall–Kier alpha value is -1.83. The Morgan fingerprint density at radius 3 is 2.50 bits per heavy atom. The molecule has 0 aliphatic heterocycles. The maximum absolute atomic E-state index is 5.43. The second kappa shape index (κ2) is 6.20. The summed E-state index contributed by atoms with van der Waals surface area (Å²) in [5.74, 6) is 1.70. The summed E-state index contributed by atoms with van der Waals surface area (Å²) in [6.07, 6.45) is 5.39. The summed E-state index contributed by atoms with van der Waals surface area (Å²) < 4.78 is 5.43. The molecule has 0 aliphatic carbocycles. The molecule has 1 heterocycles. The number of aliphatic imine (C=N–C) groups is 1. The van der Waals surface area contributed by atoms with Crippen LogP contribution in [0.1, 0.15) is 36.8 Å². The Kier molecular flexibility index (Phi) is 4.35. The Balaban J connectivity index is 1.99. The van der Waals surface area contributed by atoms with Gasteiger partial charge in [-0.15, -0.1) is 0 Å². The molecule has 0 amide bonds. The molecule has 0 spiro atoms. The van der Waals surface area contributed by atoms with Gasteiger partial charge in [-0.25, -0.2) is 0 Å². The van der Waals surface area contributed by atoms with E-state index in [0.29, 0.717) is 0 Å². The average molecular weight is 241 g/mol. The number of furan rings is 1. The normalized spacial score (nSPS) is 11.2. The van der Waals surface area contributed by atoms with Crippen molar-refractivity contribution in [3.8, 4) is 0 Å². The van der Waals surface area contributed by atoms with E-state index in [1.807, 2.05) is 19.1 Å². The summed E-state index contributed by atoms with van der Waals surface area (Å²) in [7, 11) is 0. The molecule has 2 heteroatoms. The lowest BCUT2D eigenvalue weighted by atomic mass is 10.1. The third-order valence-electron chi connectivity index (χ3n) is 2.86. The Morgan fingerprint density at radius 1 is 1.11 bits per heavy atom. The van der Waals surface area contributed by atoms with Crippen molar-refractivity contribution in [1.29, 1.82) is 0 Å². The van der Waals surface area contributed by atoms with Gasteiger partial charge in [-0.3, -0.25) is 4.99 Å². The van der Waals surface area contributed by atoms with Gasteiger partial charge < -0.3 is 4.42 Å². The second-order valence-electron chi connectivity index (χ2n) is 4.48. The largest absolute Gasteiger partial charge is 0.460 e. The van der Waals surface area contributed by atoms with Crippen molar-refractivity contribution in [2.24, 2.45) is 4.99 Å². The van der Waals surface area contributed by atoms with Gasteiger partial charge in [0, 0.05) is 0 Å². The first kappa shape index (κ1) is 12.6. The summed E-state index contributed by atoms with van der Waals surface area (Å²) in [5, 5.41) is 0. The molecule has 2 rings (SSSR count). The molecule has 1 aromatic heterocycles. The standard InChI is InChI=1S/C16H19NO/c1-3-4-5-14-7-9-15(10-8-14)17-12-16-11-6-13(2)18-16/h6-12H,3-5H2,1-2H3/b17-12+. The lowest BCUT2D eigenvalue weighted by molar-refractivity contribution is 0.528. The molecule has 1 aromatic carbocycles. The Bertz CT molecular complexity index is 508. The quantitative estimate of drug-likeness (QED) is 0.698. The molecule has 0 N–H and O–H groups in total.